The summed E-state index contributed by atoms with van der Waals surface area (Å²) in [6.45, 7) is 9.72. The molecule has 0 saturated carbocycles. The normalized spacial score (nSPS) is 13.1. The molecule has 7 heteroatoms. The van der Waals surface area contributed by atoms with E-state index >= 15 is 0 Å². The number of aromatic nitrogens is 2. The van der Waals surface area contributed by atoms with Crippen LogP contribution in [0.5, 0.6) is 0 Å². The predicted molar refractivity (Wildman–Crippen MR) is 104 cm³/mol. The Morgan fingerprint density at radius 2 is 1.92 bits per heavy atom. The Kier molecular flexibility index (Phi) is 5.88. The van der Waals surface area contributed by atoms with Crippen LogP contribution >= 0.6 is 12.4 Å². The van der Waals surface area contributed by atoms with Gasteiger partial charge in [-0.15, -0.1) is 12.4 Å². The second kappa shape index (κ2) is 7.60. The SMILES string of the molecule is Cc1nc(C(C)(C)C)[nH]c(=O)c1C(=O)NCc1ccc2c(c1)CNC2.Cl. The summed E-state index contributed by atoms with van der Waals surface area (Å²) in [4.78, 5) is 32.0. The van der Waals surface area contributed by atoms with E-state index in [9.17, 15) is 9.59 Å². The first-order valence-electron chi connectivity index (χ1n) is 8.46. The van der Waals surface area contributed by atoms with Gasteiger partial charge in [-0.3, -0.25) is 9.59 Å². The predicted octanol–water partition coefficient (Wildman–Crippen LogP) is 2.33. The number of halogens is 1. The van der Waals surface area contributed by atoms with Crippen LogP contribution in [0.2, 0.25) is 0 Å². The van der Waals surface area contributed by atoms with Crippen LogP contribution in [-0.2, 0) is 25.0 Å². The maximum Gasteiger partial charge on any atom is 0.264 e. The number of carbonyl (C=O) groups is 1. The van der Waals surface area contributed by atoms with Gasteiger partial charge in [0.1, 0.15) is 11.4 Å². The van der Waals surface area contributed by atoms with Crippen molar-refractivity contribution in [2.24, 2.45) is 0 Å². The van der Waals surface area contributed by atoms with Gasteiger partial charge in [0.15, 0.2) is 0 Å². The fraction of sp³-hybridized carbons (Fsp3) is 0.421. The Morgan fingerprint density at radius 3 is 2.58 bits per heavy atom. The number of aromatic amines is 1. The molecule has 2 aromatic rings. The molecule has 3 rings (SSSR count). The maximum absolute atomic E-state index is 12.5. The molecule has 1 aromatic carbocycles. The van der Waals surface area contributed by atoms with Crippen LogP contribution in [0.15, 0.2) is 23.0 Å². The number of hydrogen-bond donors (Lipinski definition) is 3. The van der Waals surface area contributed by atoms with E-state index in [0.29, 0.717) is 18.1 Å². The summed E-state index contributed by atoms with van der Waals surface area (Å²) in [6.07, 6.45) is 0. The fourth-order valence-corrected chi connectivity index (χ4v) is 2.94. The van der Waals surface area contributed by atoms with Crippen LogP contribution in [0, 0.1) is 6.92 Å². The molecule has 0 bridgehead atoms. The van der Waals surface area contributed by atoms with Gasteiger partial charge in [0.25, 0.3) is 11.5 Å². The topological polar surface area (TPSA) is 86.9 Å². The highest BCUT2D eigenvalue weighted by atomic mass is 35.5. The van der Waals surface area contributed by atoms with Gasteiger partial charge < -0.3 is 15.6 Å². The number of fused-ring (bicyclic) bond motifs is 1. The first-order valence-corrected chi connectivity index (χ1v) is 8.46. The van der Waals surface area contributed by atoms with Gasteiger partial charge in [-0.2, -0.15) is 0 Å². The quantitative estimate of drug-likeness (QED) is 0.767. The van der Waals surface area contributed by atoms with Gasteiger partial charge in [0, 0.05) is 25.0 Å². The van der Waals surface area contributed by atoms with Crippen LogP contribution in [0.4, 0.5) is 0 Å². The molecule has 1 aromatic heterocycles. The molecule has 0 atom stereocenters. The summed E-state index contributed by atoms with van der Waals surface area (Å²) in [7, 11) is 0. The van der Waals surface area contributed by atoms with Crippen LogP contribution in [0.3, 0.4) is 0 Å². The van der Waals surface area contributed by atoms with Crippen LogP contribution in [0.25, 0.3) is 0 Å². The summed E-state index contributed by atoms with van der Waals surface area (Å²) in [5.74, 6) is 0.183. The average molecular weight is 377 g/mol. The molecule has 1 aliphatic heterocycles. The Hall–Kier alpha value is -2.18. The maximum atomic E-state index is 12.5. The lowest BCUT2D eigenvalue weighted by Gasteiger charge is -2.18. The molecule has 0 aliphatic carbocycles. The zero-order valence-corrected chi connectivity index (χ0v) is 16.3. The first kappa shape index (κ1) is 20.1. The van der Waals surface area contributed by atoms with Crippen molar-refractivity contribution >= 4 is 18.3 Å². The van der Waals surface area contributed by atoms with E-state index in [-0.39, 0.29) is 23.4 Å². The third-order valence-corrected chi connectivity index (χ3v) is 4.39. The smallest absolute Gasteiger partial charge is 0.264 e. The van der Waals surface area contributed by atoms with Gasteiger partial charge in [-0.25, -0.2) is 4.98 Å². The van der Waals surface area contributed by atoms with Crippen molar-refractivity contribution in [1.29, 1.82) is 0 Å². The molecule has 140 valence electrons. The molecule has 1 amide bonds. The molecule has 0 unspecified atom stereocenters. The van der Waals surface area contributed by atoms with Crippen molar-refractivity contribution in [3.05, 3.63) is 62.3 Å². The number of aryl methyl sites for hydroxylation is 1. The molecular formula is C19H25ClN4O2. The Balaban J connectivity index is 0.00000243. The summed E-state index contributed by atoms with van der Waals surface area (Å²) < 4.78 is 0. The highest BCUT2D eigenvalue weighted by Gasteiger charge is 2.22. The number of H-pyrrole nitrogens is 1. The summed E-state index contributed by atoms with van der Waals surface area (Å²) in [6, 6.07) is 6.17. The molecule has 0 saturated heterocycles. The Labute approximate surface area is 159 Å². The van der Waals surface area contributed by atoms with E-state index in [4.69, 9.17) is 0 Å². The van der Waals surface area contributed by atoms with E-state index < -0.39 is 11.5 Å². The molecule has 0 fully saturated rings. The second-order valence-corrected chi connectivity index (χ2v) is 7.51. The highest BCUT2D eigenvalue weighted by Crippen LogP contribution is 2.18. The van der Waals surface area contributed by atoms with Gasteiger partial charge in [-0.1, -0.05) is 39.0 Å². The van der Waals surface area contributed by atoms with E-state index in [1.54, 1.807) is 6.92 Å². The zero-order valence-electron chi connectivity index (χ0n) is 15.5. The lowest BCUT2D eigenvalue weighted by molar-refractivity contribution is 0.0948. The fourth-order valence-electron chi connectivity index (χ4n) is 2.94. The molecule has 2 heterocycles. The lowest BCUT2D eigenvalue weighted by atomic mass is 9.95. The molecular weight excluding hydrogens is 352 g/mol. The lowest BCUT2D eigenvalue weighted by Crippen LogP contribution is -2.33. The molecule has 0 spiro atoms. The van der Waals surface area contributed by atoms with Gasteiger partial charge in [0.2, 0.25) is 0 Å². The molecule has 1 aliphatic rings. The standard InChI is InChI=1S/C19H24N4O2.ClH/c1-11-15(17(25)23-18(22-11)19(2,3)4)16(24)21-8-12-5-6-13-9-20-10-14(13)7-12;/h5-7,20H,8-10H2,1-4H3,(H,21,24)(H,22,23,25);1H. The largest absolute Gasteiger partial charge is 0.348 e. The minimum atomic E-state index is -0.398. The van der Waals surface area contributed by atoms with Crippen LogP contribution in [0.1, 0.15) is 59.3 Å². The number of nitrogens with zero attached hydrogens (tertiary/aromatic N) is 1. The van der Waals surface area contributed by atoms with Gasteiger partial charge in [-0.05, 0) is 23.6 Å². The van der Waals surface area contributed by atoms with E-state index in [1.165, 1.54) is 11.1 Å². The monoisotopic (exact) mass is 376 g/mol. The first-order chi connectivity index (χ1) is 11.8. The third-order valence-electron chi connectivity index (χ3n) is 4.39. The van der Waals surface area contributed by atoms with Gasteiger partial charge in [0.05, 0.1) is 5.69 Å². The van der Waals surface area contributed by atoms with Crippen molar-refractivity contribution in [3.63, 3.8) is 0 Å². The van der Waals surface area contributed by atoms with Crippen molar-refractivity contribution in [2.75, 3.05) is 0 Å². The van der Waals surface area contributed by atoms with Crippen LogP contribution in [-0.4, -0.2) is 15.9 Å². The molecule has 3 N–H and O–H groups in total. The average Bonchev–Trinajstić information content (AvgIpc) is 2.99. The molecule has 0 radical (unpaired) electrons. The number of carbonyl (C=O) groups excluding carboxylic acids is 1. The highest BCUT2D eigenvalue weighted by molar-refractivity contribution is 5.94. The Bertz CT molecular complexity index is 884. The van der Waals surface area contributed by atoms with Gasteiger partial charge >= 0.3 is 0 Å². The van der Waals surface area contributed by atoms with Crippen molar-refractivity contribution in [2.45, 2.75) is 52.7 Å². The third kappa shape index (κ3) is 4.14. The van der Waals surface area contributed by atoms with E-state index in [2.05, 4.69) is 32.7 Å². The molecule has 6 nitrogen and oxygen atoms in total. The second-order valence-electron chi connectivity index (χ2n) is 7.51. The Morgan fingerprint density at radius 1 is 1.23 bits per heavy atom. The minimum absolute atomic E-state index is 0. The number of nitrogens with one attached hydrogen (secondary N) is 3. The number of benzene rings is 1. The van der Waals surface area contributed by atoms with E-state index in [1.807, 2.05) is 26.8 Å². The summed E-state index contributed by atoms with van der Waals surface area (Å²) in [5.41, 5.74) is 3.43. The van der Waals surface area contributed by atoms with Crippen molar-refractivity contribution in [3.8, 4) is 0 Å². The van der Waals surface area contributed by atoms with Crippen LogP contribution < -0.4 is 16.2 Å². The zero-order chi connectivity index (χ0) is 18.2. The summed E-state index contributed by atoms with van der Waals surface area (Å²) in [5, 5.41) is 6.12. The number of rotatable bonds is 3. The minimum Gasteiger partial charge on any atom is -0.348 e. The number of amides is 1. The number of hydrogen-bond acceptors (Lipinski definition) is 4. The van der Waals surface area contributed by atoms with Crippen molar-refractivity contribution < 1.29 is 4.79 Å². The van der Waals surface area contributed by atoms with Crippen molar-refractivity contribution in [1.82, 2.24) is 20.6 Å². The molecule has 26 heavy (non-hydrogen) atoms. The van der Waals surface area contributed by atoms with E-state index in [0.717, 1.165) is 18.7 Å². The summed E-state index contributed by atoms with van der Waals surface area (Å²) >= 11 is 0.